The predicted octanol–water partition coefficient (Wildman–Crippen LogP) is 7.90. The molecule has 2 N–H and O–H groups in total. The van der Waals surface area contributed by atoms with Gasteiger partial charge in [0.15, 0.2) is 0 Å². The number of H-pyrrole nitrogens is 1. The number of hydrogen-bond donors (Lipinski definition) is 2. The number of rotatable bonds is 4. The third kappa shape index (κ3) is 4.81. The number of benzene rings is 3. The smallest absolute Gasteiger partial charge is 0.268 e. The number of carbonyl (C=O) groups is 2. The van der Waals surface area contributed by atoms with Crippen LogP contribution in [0.4, 0.5) is 0 Å². The molecule has 6 nitrogen and oxygen atoms in total. The van der Waals surface area contributed by atoms with E-state index in [1.807, 2.05) is 30.3 Å². The predicted molar refractivity (Wildman–Crippen MR) is 177 cm³/mol. The van der Waals surface area contributed by atoms with E-state index in [4.69, 9.17) is 23.2 Å². The lowest BCUT2D eigenvalue weighted by Crippen LogP contribution is -2.41. The molecular weight excluding hydrogens is 591 g/mol. The number of nitrogens with zero attached hydrogens (tertiary/aromatic N) is 2. The summed E-state index contributed by atoms with van der Waals surface area (Å²) in [4.78, 5) is 34.0. The van der Waals surface area contributed by atoms with Gasteiger partial charge in [0.05, 0.1) is 17.8 Å². The molecule has 4 atom stereocenters. The highest BCUT2D eigenvalue weighted by molar-refractivity contribution is 6.32. The standard InChI is InChI=1S/C36H34Cl2N4O2/c1-20-8-7-15-42-34(24-11-13-25(37)14-12-24)27-16-26(38)17-28-31(27)32(35(42)30(20)23-9-5-4-6-10-23)33(39-28)36(44)40-29-19-41(22(3)43)18-21(29)2/h4-7,9-17,20-21,29,34,39H,8,18-19H2,1-3H3,(H,40,44). The third-order valence-corrected chi connectivity index (χ3v) is 9.81. The summed E-state index contributed by atoms with van der Waals surface area (Å²) < 4.78 is 0. The summed E-state index contributed by atoms with van der Waals surface area (Å²) in [6.45, 7) is 7.03. The molecule has 4 aromatic rings. The van der Waals surface area contributed by atoms with E-state index >= 15 is 0 Å². The van der Waals surface area contributed by atoms with Gasteiger partial charge in [0, 0.05) is 52.7 Å². The second-order valence-corrected chi connectivity index (χ2v) is 13.2. The summed E-state index contributed by atoms with van der Waals surface area (Å²) in [6, 6.07) is 22.0. The van der Waals surface area contributed by atoms with Gasteiger partial charge in [-0.3, -0.25) is 9.59 Å². The van der Waals surface area contributed by atoms with Crippen molar-refractivity contribution in [2.24, 2.45) is 11.8 Å². The van der Waals surface area contributed by atoms with Gasteiger partial charge in [0.25, 0.3) is 5.91 Å². The molecule has 0 aliphatic carbocycles. The van der Waals surface area contributed by atoms with Crippen molar-refractivity contribution >= 4 is 57.2 Å². The minimum atomic E-state index is -0.193. The summed E-state index contributed by atoms with van der Waals surface area (Å²) in [7, 11) is 0. The van der Waals surface area contributed by atoms with Crippen molar-refractivity contribution in [3.05, 3.63) is 117 Å². The zero-order chi connectivity index (χ0) is 30.7. The zero-order valence-corrected chi connectivity index (χ0v) is 26.4. The maximum absolute atomic E-state index is 14.3. The van der Waals surface area contributed by atoms with E-state index in [1.165, 1.54) is 5.57 Å². The summed E-state index contributed by atoms with van der Waals surface area (Å²) in [6.07, 6.45) is 5.23. The van der Waals surface area contributed by atoms with Crippen LogP contribution in [0.3, 0.4) is 0 Å². The summed E-state index contributed by atoms with van der Waals surface area (Å²) in [5.74, 6) is 0.160. The van der Waals surface area contributed by atoms with Crippen LogP contribution in [0.5, 0.6) is 0 Å². The summed E-state index contributed by atoms with van der Waals surface area (Å²) >= 11 is 13.1. The zero-order valence-electron chi connectivity index (χ0n) is 24.9. The van der Waals surface area contributed by atoms with Gasteiger partial charge >= 0.3 is 0 Å². The average molecular weight is 626 g/mol. The van der Waals surface area contributed by atoms with E-state index in [1.54, 1.807) is 11.8 Å². The Morgan fingerprint density at radius 3 is 2.41 bits per heavy atom. The third-order valence-electron chi connectivity index (χ3n) is 9.34. The number of carbonyl (C=O) groups excluding carboxylic acids is 2. The highest BCUT2D eigenvalue weighted by Gasteiger charge is 2.40. The Morgan fingerprint density at radius 2 is 1.70 bits per heavy atom. The number of halogens is 2. The maximum Gasteiger partial charge on any atom is 0.268 e. The van der Waals surface area contributed by atoms with Crippen LogP contribution in [-0.4, -0.2) is 45.7 Å². The molecule has 8 heteroatoms. The molecule has 3 aliphatic heterocycles. The van der Waals surface area contributed by atoms with Crippen molar-refractivity contribution in [1.82, 2.24) is 20.1 Å². The van der Waals surface area contributed by atoms with Crippen LogP contribution in [-0.2, 0) is 4.79 Å². The van der Waals surface area contributed by atoms with E-state index in [-0.39, 0.29) is 35.7 Å². The van der Waals surface area contributed by atoms with Crippen LogP contribution in [0.2, 0.25) is 10.0 Å². The number of amides is 2. The van der Waals surface area contributed by atoms with Gasteiger partial charge in [-0.2, -0.15) is 0 Å². The Morgan fingerprint density at radius 1 is 0.955 bits per heavy atom. The van der Waals surface area contributed by atoms with Crippen molar-refractivity contribution in [3.8, 4) is 0 Å². The minimum Gasteiger partial charge on any atom is -0.350 e. The first-order chi connectivity index (χ1) is 21.2. The largest absolute Gasteiger partial charge is 0.350 e. The normalized spacial score (nSPS) is 22.8. The molecular formula is C36H34Cl2N4O2. The van der Waals surface area contributed by atoms with Crippen LogP contribution in [0.1, 0.15) is 66.0 Å². The highest BCUT2D eigenvalue weighted by atomic mass is 35.5. The number of aromatic amines is 1. The van der Waals surface area contributed by atoms with Crippen LogP contribution in [0.25, 0.3) is 22.2 Å². The van der Waals surface area contributed by atoms with Crippen molar-refractivity contribution < 1.29 is 9.59 Å². The van der Waals surface area contributed by atoms with Crippen LogP contribution in [0.15, 0.2) is 79.0 Å². The van der Waals surface area contributed by atoms with Crippen molar-refractivity contribution in [2.75, 3.05) is 13.1 Å². The number of hydrogen-bond acceptors (Lipinski definition) is 3. The van der Waals surface area contributed by atoms with Gasteiger partial charge in [-0.25, -0.2) is 0 Å². The minimum absolute atomic E-state index is 0.0226. The van der Waals surface area contributed by atoms with Gasteiger partial charge in [0.2, 0.25) is 5.91 Å². The highest BCUT2D eigenvalue weighted by Crippen LogP contribution is 2.52. The fraction of sp³-hybridized carbons (Fsp3) is 0.278. The van der Waals surface area contributed by atoms with Gasteiger partial charge in [-0.05, 0) is 64.8 Å². The lowest BCUT2D eigenvalue weighted by Gasteiger charge is -2.39. The molecule has 4 unspecified atom stereocenters. The van der Waals surface area contributed by atoms with Crippen LogP contribution in [0, 0.1) is 11.8 Å². The molecule has 0 saturated carbocycles. The van der Waals surface area contributed by atoms with E-state index in [0.717, 1.165) is 45.3 Å². The molecule has 7 rings (SSSR count). The number of aromatic nitrogens is 1. The first-order valence-corrected chi connectivity index (χ1v) is 15.9. The molecule has 0 spiro atoms. The Kier molecular flexibility index (Phi) is 7.30. The second kappa shape index (κ2) is 11.2. The molecule has 1 fully saturated rings. The summed E-state index contributed by atoms with van der Waals surface area (Å²) in [5, 5.41) is 5.54. The van der Waals surface area contributed by atoms with Crippen molar-refractivity contribution in [3.63, 3.8) is 0 Å². The average Bonchev–Trinajstić information content (AvgIpc) is 3.51. The van der Waals surface area contributed by atoms with Crippen LogP contribution >= 0.6 is 23.2 Å². The Bertz CT molecular complexity index is 1840. The molecule has 0 radical (unpaired) electrons. The fourth-order valence-corrected chi connectivity index (χ4v) is 7.55. The molecule has 3 aliphatic rings. The molecule has 4 heterocycles. The number of allylic oxidation sites excluding steroid dienone is 2. The van der Waals surface area contributed by atoms with E-state index in [9.17, 15) is 9.59 Å². The summed E-state index contributed by atoms with van der Waals surface area (Å²) in [5.41, 5.74) is 7.60. The molecule has 0 bridgehead atoms. The molecule has 1 saturated heterocycles. The lowest BCUT2D eigenvalue weighted by molar-refractivity contribution is -0.127. The van der Waals surface area contributed by atoms with Crippen LogP contribution < -0.4 is 5.32 Å². The van der Waals surface area contributed by atoms with Gasteiger partial charge in [0.1, 0.15) is 5.69 Å². The van der Waals surface area contributed by atoms with Gasteiger partial charge < -0.3 is 20.1 Å². The topological polar surface area (TPSA) is 68.4 Å². The number of fused-ring (bicyclic) bond motifs is 2. The second-order valence-electron chi connectivity index (χ2n) is 12.3. The quantitative estimate of drug-likeness (QED) is 0.242. The van der Waals surface area contributed by atoms with E-state index < -0.39 is 0 Å². The number of likely N-dealkylation sites (tertiary alicyclic amines) is 1. The van der Waals surface area contributed by atoms with E-state index in [0.29, 0.717) is 28.8 Å². The van der Waals surface area contributed by atoms with Gasteiger partial charge in [-0.15, -0.1) is 0 Å². The van der Waals surface area contributed by atoms with Crippen molar-refractivity contribution in [2.45, 2.75) is 39.3 Å². The molecule has 3 aromatic carbocycles. The number of nitrogens with one attached hydrogen (secondary N) is 2. The monoisotopic (exact) mass is 624 g/mol. The lowest BCUT2D eigenvalue weighted by atomic mass is 9.82. The first-order valence-electron chi connectivity index (χ1n) is 15.1. The van der Waals surface area contributed by atoms with E-state index in [2.05, 4.69) is 77.7 Å². The molecule has 44 heavy (non-hydrogen) atoms. The first kappa shape index (κ1) is 28.8. The van der Waals surface area contributed by atoms with Gasteiger partial charge in [-0.1, -0.05) is 85.6 Å². The Labute approximate surface area is 267 Å². The Balaban J connectivity index is 1.50. The van der Waals surface area contributed by atoms with Crippen molar-refractivity contribution in [1.29, 1.82) is 0 Å². The SMILES string of the molecule is CC(=O)N1CC(C)C(NC(=O)c2[nH]c3cc(Cl)cc4c3c2C2=C(c3ccccc3)C(C)CC=CN2C4c2ccc(Cl)cc2)C1. The maximum atomic E-state index is 14.3. The molecule has 1 aromatic heterocycles. The molecule has 224 valence electrons. The molecule has 2 amide bonds. The fourth-order valence-electron chi connectivity index (χ4n) is 7.20. The Hall–Kier alpha value is -4.00.